The topological polar surface area (TPSA) is 49.8 Å². The van der Waals surface area contributed by atoms with Crippen molar-refractivity contribution in [1.29, 1.82) is 0 Å². The van der Waals surface area contributed by atoms with Crippen molar-refractivity contribution in [2.24, 2.45) is 0 Å². The monoisotopic (exact) mass is 311 g/mol. The molecule has 1 atom stereocenters. The van der Waals surface area contributed by atoms with E-state index in [0.717, 1.165) is 22.4 Å². The van der Waals surface area contributed by atoms with Crippen molar-refractivity contribution < 1.29 is 14.6 Å². The number of amides is 1. The van der Waals surface area contributed by atoms with Crippen LogP contribution in [0.4, 0.5) is 0 Å². The lowest BCUT2D eigenvalue weighted by Crippen LogP contribution is -2.25. The molecule has 1 amide bonds. The normalized spacial score (nSPS) is 17.6. The van der Waals surface area contributed by atoms with Crippen molar-refractivity contribution in [2.45, 2.75) is 26.0 Å². The Hall–Kier alpha value is -2.33. The summed E-state index contributed by atoms with van der Waals surface area (Å²) < 4.78 is 5.48. The molecule has 1 aliphatic heterocycles. The number of rotatable bonds is 4. The van der Waals surface area contributed by atoms with Crippen LogP contribution in [-0.2, 0) is 11.3 Å². The fourth-order valence-electron chi connectivity index (χ4n) is 3.02. The van der Waals surface area contributed by atoms with Gasteiger partial charge < -0.3 is 14.7 Å². The van der Waals surface area contributed by atoms with Crippen molar-refractivity contribution in [3.8, 4) is 16.9 Å². The number of carbonyl (C=O) groups is 1. The minimum absolute atomic E-state index is 0.00502. The number of benzene rings is 2. The Morgan fingerprint density at radius 1 is 1.26 bits per heavy atom. The zero-order chi connectivity index (χ0) is 16.4. The van der Waals surface area contributed by atoms with Crippen molar-refractivity contribution in [3.63, 3.8) is 0 Å². The fourth-order valence-corrected chi connectivity index (χ4v) is 3.02. The molecule has 0 saturated carbocycles. The number of aliphatic hydroxyl groups is 1. The molecule has 0 spiro atoms. The molecule has 2 aromatic carbocycles. The summed E-state index contributed by atoms with van der Waals surface area (Å²) in [5.41, 5.74) is 4.33. The largest absolute Gasteiger partial charge is 0.496 e. The minimum Gasteiger partial charge on any atom is -0.496 e. The maximum absolute atomic E-state index is 11.9. The number of ether oxygens (including phenoxy) is 1. The van der Waals surface area contributed by atoms with Crippen LogP contribution in [0.25, 0.3) is 11.1 Å². The van der Waals surface area contributed by atoms with Crippen LogP contribution in [0.1, 0.15) is 17.5 Å². The molecule has 0 aromatic heterocycles. The van der Waals surface area contributed by atoms with E-state index in [-0.39, 0.29) is 12.3 Å². The van der Waals surface area contributed by atoms with Crippen molar-refractivity contribution >= 4 is 5.91 Å². The number of aryl methyl sites for hydroxylation is 1. The van der Waals surface area contributed by atoms with Gasteiger partial charge >= 0.3 is 0 Å². The average molecular weight is 311 g/mol. The fraction of sp³-hybridized carbons (Fsp3) is 0.316. The number of likely N-dealkylation sites (tertiary alicyclic amines) is 1. The van der Waals surface area contributed by atoms with Crippen LogP contribution in [0.5, 0.6) is 5.75 Å². The van der Waals surface area contributed by atoms with Gasteiger partial charge in [0.1, 0.15) is 5.75 Å². The van der Waals surface area contributed by atoms with Crippen LogP contribution in [0.15, 0.2) is 42.5 Å². The SMILES string of the molecule is COc1ccc(CN2C[C@@H](O)CC2=O)cc1-c1cccc(C)c1. The van der Waals surface area contributed by atoms with E-state index in [2.05, 4.69) is 31.2 Å². The first-order valence-electron chi connectivity index (χ1n) is 7.76. The Morgan fingerprint density at radius 2 is 2.09 bits per heavy atom. The number of nitrogens with zero attached hydrogens (tertiary/aromatic N) is 1. The van der Waals surface area contributed by atoms with E-state index in [1.54, 1.807) is 12.0 Å². The predicted molar refractivity (Wildman–Crippen MR) is 89.2 cm³/mol. The second-order valence-corrected chi connectivity index (χ2v) is 6.04. The lowest BCUT2D eigenvalue weighted by molar-refractivity contribution is -0.128. The van der Waals surface area contributed by atoms with Gasteiger partial charge in [-0.1, -0.05) is 35.9 Å². The maximum Gasteiger partial charge on any atom is 0.225 e. The Labute approximate surface area is 136 Å². The maximum atomic E-state index is 11.9. The highest BCUT2D eigenvalue weighted by Crippen LogP contribution is 2.32. The molecule has 1 heterocycles. The number of hydrogen-bond acceptors (Lipinski definition) is 3. The number of methoxy groups -OCH3 is 1. The van der Waals surface area contributed by atoms with E-state index in [0.29, 0.717) is 13.1 Å². The molecule has 0 radical (unpaired) electrons. The first-order valence-corrected chi connectivity index (χ1v) is 7.76. The number of β-amino-alcohol motifs (C(OH)–C–C–N with tert-alkyl or cyclic N) is 1. The van der Waals surface area contributed by atoms with Gasteiger partial charge in [0.05, 0.1) is 19.6 Å². The standard InChI is InChI=1S/C19H21NO3/c1-13-4-3-5-15(8-13)17-9-14(6-7-18(17)23-2)11-20-12-16(21)10-19(20)22/h3-9,16,21H,10-12H2,1-2H3/t16-/m0/s1. The molecule has 1 fully saturated rings. The molecule has 1 N–H and O–H groups in total. The molecule has 23 heavy (non-hydrogen) atoms. The van der Waals surface area contributed by atoms with Crippen molar-refractivity contribution in [2.75, 3.05) is 13.7 Å². The highest BCUT2D eigenvalue weighted by Gasteiger charge is 2.27. The van der Waals surface area contributed by atoms with Crippen LogP contribution in [0.2, 0.25) is 0 Å². The average Bonchev–Trinajstić information content (AvgIpc) is 2.85. The Kier molecular flexibility index (Phi) is 4.35. The highest BCUT2D eigenvalue weighted by molar-refractivity contribution is 5.79. The lowest BCUT2D eigenvalue weighted by atomic mass is 10.00. The summed E-state index contributed by atoms with van der Waals surface area (Å²) in [7, 11) is 1.66. The predicted octanol–water partition coefficient (Wildman–Crippen LogP) is 2.76. The molecule has 0 unspecified atom stereocenters. The summed E-state index contributed by atoms with van der Waals surface area (Å²) in [4.78, 5) is 13.6. The second-order valence-electron chi connectivity index (χ2n) is 6.04. The van der Waals surface area contributed by atoms with Gasteiger partial charge in [0.25, 0.3) is 0 Å². The first kappa shape index (κ1) is 15.6. The molecular weight excluding hydrogens is 290 g/mol. The van der Waals surface area contributed by atoms with Gasteiger partial charge in [0.15, 0.2) is 0 Å². The lowest BCUT2D eigenvalue weighted by Gasteiger charge is -2.17. The van der Waals surface area contributed by atoms with E-state index in [4.69, 9.17) is 4.74 Å². The van der Waals surface area contributed by atoms with Crippen molar-refractivity contribution in [1.82, 2.24) is 4.90 Å². The van der Waals surface area contributed by atoms with Crippen LogP contribution >= 0.6 is 0 Å². The van der Waals surface area contributed by atoms with Gasteiger partial charge in [-0.15, -0.1) is 0 Å². The van der Waals surface area contributed by atoms with Crippen LogP contribution in [-0.4, -0.2) is 35.7 Å². The van der Waals surface area contributed by atoms with Gasteiger partial charge in [0, 0.05) is 18.7 Å². The summed E-state index contributed by atoms with van der Waals surface area (Å²) in [6.07, 6.45) is -0.321. The minimum atomic E-state index is -0.544. The van der Waals surface area contributed by atoms with Gasteiger partial charge in [-0.25, -0.2) is 0 Å². The third-order valence-corrected chi connectivity index (χ3v) is 4.16. The summed E-state index contributed by atoms with van der Waals surface area (Å²) in [6.45, 7) is 2.98. The van der Waals surface area contributed by atoms with Crippen molar-refractivity contribution in [3.05, 3.63) is 53.6 Å². The summed E-state index contributed by atoms with van der Waals surface area (Å²) >= 11 is 0. The Bertz CT molecular complexity index is 726. The molecule has 120 valence electrons. The van der Waals surface area contributed by atoms with Crippen LogP contribution in [0.3, 0.4) is 0 Å². The number of carbonyl (C=O) groups excluding carboxylic acids is 1. The third-order valence-electron chi connectivity index (χ3n) is 4.16. The molecule has 3 rings (SSSR count). The van der Waals surface area contributed by atoms with E-state index < -0.39 is 6.10 Å². The van der Waals surface area contributed by atoms with E-state index in [1.165, 1.54) is 5.56 Å². The molecule has 0 aliphatic carbocycles. The van der Waals surface area contributed by atoms with Gasteiger partial charge in [-0.05, 0) is 30.2 Å². The smallest absolute Gasteiger partial charge is 0.225 e. The van der Waals surface area contributed by atoms with Gasteiger partial charge in [0.2, 0.25) is 5.91 Å². The van der Waals surface area contributed by atoms with E-state index in [9.17, 15) is 9.90 Å². The molecule has 0 bridgehead atoms. The second kappa shape index (κ2) is 6.42. The molecule has 1 aliphatic rings. The zero-order valence-electron chi connectivity index (χ0n) is 13.5. The molecular formula is C19H21NO3. The molecule has 4 nitrogen and oxygen atoms in total. The zero-order valence-corrected chi connectivity index (χ0v) is 13.5. The summed E-state index contributed by atoms with van der Waals surface area (Å²) in [5, 5.41) is 9.61. The highest BCUT2D eigenvalue weighted by atomic mass is 16.5. The first-order chi connectivity index (χ1) is 11.1. The summed E-state index contributed by atoms with van der Waals surface area (Å²) in [5.74, 6) is 0.817. The quantitative estimate of drug-likeness (QED) is 0.944. The Balaban J connectivity index is 1.92. The van der Waals surface area contributed by atoms with E-state index in [1.807, 2.05) is 18.2 Å². The molecule has 4 heteroatoms. The summed E-state index contributed by atoms with van der Waals surface area (Å²) in [6, 6.07) is 14.2. The van der Waals surface area contributed by atoms with Gasteiger partial charge in [-0.3, -0.25) is 4.79 Å². The van der Waals surface area contributed by atoms with E-state index >= 15 is 0 Å². The third kappa shape index (κ3) is 3.37. The van der Waals surface area contributed by atoms with Gasteiger partial charge in [-0.2, -0.15) is 0 Å². The number of hydrogen-bond donors (Lipinski definition) is 1. The molecule has 1 saturated heterocycles. The van der Waals surface area contributed by atoms with Crippen LogP contribution < -0.4 is 4.74 Å². The van der Waals surface area contributed by atoms with Crippen LogP contribution in [0, 0.1) is 6.92 Å². The Morgan fingerprint density at radius 3 is 2.74 bits per heavy atom. The molecule has 2 aromatic rings. The number of aliphatic hydroxyl groups excluding tert-OH is 1.